The van der Waals surface area contributed by atoms with Crippen LogP contribution in [-0.2, 0) is 14.3 Å². The number of piperazine rings is 1. The first-order chi connectivity index (χ1) is 23.3. The Morgan fingerprint density at radius 2 is 1.50 bits per heavy atom. The number of thioether (sulfide) groups is 1. The molecule has 0 amide bonds. The largest absolute Gasteiger partial charge is 0.497 e. The third kappa shape index (κ3) is 9.54. The number of esters is 1. The normalized spacial score (nSPS) is 15.1. The van der Waals surface area contributed by atoms with Crippen molar-refractivity contribution in [3.05, 3.63) is 125 Å². The smallest absolute Gasteiger partial charge is 0.346 e. The van der Waals surface area contributed by atoms with Crippen LogP contribution in [0, 0.1) is 0 Å². The molecule has 10 heteroatoms. The maximum atomic E-state index is 12.3. The molecule has 5 rings (SSSR count). The van der Waals surface area contributed by atoms with Crippen molar-refractivity contribution in [3.63, 3.8) is 0 Å². The highest BCUT2D eigenvalue weighted by molar-refractivity contribution is 7.99. The quantitative estimate of drug-likeness (QED) is 0.0753. The summed E-state index contributed by atoms with van der Waals surface area (Å²) in [6, 6.07) is 34.3. The standard InChI is InChI=1S/C38H42ClN3O5S/c1-27(43)47-36(38(44)45)37(30-14-17-32(46-2)18-15-30)48-34-26-31(39)16-19-33(34)40-20-9-21-41-22-24-42(25-23-41)35(28-10-5-3-6-11-28)29-12-7-4-8-13-29/h3-8,10-19,26,35-37,40H,9,20-25H2,1-2H3,(H,44,45). The Kier molecular flexibility index (Phi) is 12.8. The number of ether oxygens (including phenoxy) is 2. The van der Waals surface area contributed by atoms with Crippen molar-refractivity contribution in [2.24, 2.45) is 0 Å². The van der Waals surface area contributed by atoms with Crippen molar-refractivity contribution < 1.29 is 24.2 Å². The Bertz CT molecular complexity index is 1580. The molecular formula is C38H42ClN3O5S. The van der Waals surface area contributed by atoms with Crippen molar-refractivity contribution in [1.29, 1.82) is 0 Å². The lowest BCUT2D eigenvalue weighted by Crippen LogP contribution is -2.48. The number of nitrogens with one attached hydrogen (secondary N) is 1. The fraction of sp³-hybridized carbons (Fsp3) is 0.316. The van der Waals surface area contributed by atoms with Crippen molar-refractivity contribution >= 4 is 41.0 Å². The van der Waals surface area contributed by atoms with Gasteiger partial charge >= 0.3 is 11.9 Å². The number of nitrogens with zero attached hydrogens (tertiary/aromatic N) is 2. The second kappa shape index (κ2) is 17.4. The first-order valence-electron chi connectivity index (χ1n) is 16.1. The molecule has 8 nitrogen and oxygen atoms in total. The third-order valence-corrected chi connectivity index (χ3v) is 10.0. The van der Waals surface area contributed by atoms with Crippen LogP contribution in [0.4, 0.5) is 5.69 Å². The number of rotatable bonds is 15. The average Bonchev–Trinajstić information content (AvgIpc) is 3.10. The van der Waals surface area contributed by atoms with Gasteiger partial charge in [-0.2, -0.15) is 0 Å². The molecule has 252 valence electrons. The summed E-state index contributed by atoms with van der Waals surface area (Å²) in [5.41, 5.74) is 4.15. The van der Waals surface area contributed by atoms with Crippen molar-refractivity contribution in [3.8, 4) is 5.75 Å². The molecule has 48 heavy (non-hydrogen) atoms. The number of halogens is 1. The number of anilines is 1. The van der Waals surface area contributed by atoms with E-state index < -0.39 is 23.3 Å². The molecule has 0 saturated carbocycles. The van der Waals surface area contributed by atoms with E-state index in [0.717, 1.165) is 56.3 Å². The van der Waals surface area contributed by atoms with E-state index in [2.05, 4.69) is 75.8 Å². The molecular weight excluding hydrogens is 646 g/mol. The SMILES string of the molecule is COc1ccc(C(Sc2cc(Cl)ccc2NCCCN2CCN(C(c3ccccc3)c3ccccc3)CC2)C(OC(C)=O)C(=O)O)cc1. The van der Waals surface area contributed by atoms with E-state index in [4.69, 9.17) is 21.1 Å². The molecule has 0 bridgehead atoms. The fourth-order valence-corrected chi connectivity index (χ4v) is 7.61. The maximum absolute atomic E-state index is 12.3. The van der Waals surface area contributed by atoms with Gasteiger partial charge in [0.25, 0.3) is 0 Å². The number of carbonyl (C=O) groups excluding carboxylic acids is 1. The van der Waals surface area contributed by atoms with Crippen LogP contribution in [0.25, 0.3) is 0 Å². The van der Waals surface area contributed by atoms with Gasteiger partial charge in [-0.05, 0) is 60.0 Å². The molecule has 2 atom stereocenters. The summed E-state index contributed by atoms with van der Waals surface area (Å²) >= 11 is 7.72. The van der Waals surface area contributed by atoms with Crippen LogP contribution >= 0.6 is 23.4 Å². The summed E-state index contributed by atoms with van der Waals surface area (Å²) in [7, 11) is 1.57. The summed E-state index contributed by atoms with van der Waals surface area (Å²) in [4.78, 5) is 30.1. The molecule has 1 aliphatic rings. The van der Waals surface area contributed by atoms with Crippen LogP contribution in [0.2, 0.25) is 5.02 Å². The Balaban J connectivity index is 1.21. The van der Waals surface area contributed by atoms with Crippen molar-refractivity contribution in [1.82, 2.24) is 9.80 Å². The predicted octanol–water partition coefficient (Wildman–Crippen LogP) is 7.41. The van der Waals surface area contributed by atoms with Gasteiger partial charge in [-0.1, -0.05) is 84.4 Å². The first-order valence-corrected chi connectivity index (χ1v) is 17.4. The average molecular weight is 688 g/mol. The lowest BCUT2D eigenvalue weighted by Gasteiger charge is -2.40. The number of hydrogen-bond acceptors (Lipinski definition) is 8. The van der Waals surface area contributed by atoms with E-state index in [9.17, 15) is 14.7 Å². The molecule has 0 radical (unpaired) electrons. The topological polar surface area (TPSA) is 91.3 Å². The molecule has 1 saturated heterocycles. The zero-order valence-electron chi connectivity index (χ0n) is 27.3. The second-order valence-corrected chi connectivity index (χ2v) is 13.3. The Morgan fingerprint density at radius 3 is 2.06 bits per heavy atom. The lowest BCUT2D eigenvalue weighted by atomic mass is 9.96. The molecule has 0 aromatic heterocycles. The number of carboxylic acid groups (broad SMARTS) is 1. The van der Waals surface area contributed by atoms with Crippen LogP contribution in [0.3, 0.4) is 0 Å². The number of benzene rings is 4. The summed E-state index contributed by atoms with van der Waals surface area (Å²) in [6.07, 6.45) is -0.476. The van der Waals surface area contributed by atoms with Gasteiger partial charge < -0.3 is 24.8 Å². The number of carbonyl (C=O) groups is 2. The first kappa shape index (κ1) is 35.3. The van der Waals surface area contributed by atoms with Gasteiger partial charge in [0.15, 0.2) is 0 Å². The number of carboxylic acids is 1. The second-order valence-electron chi connectivity index (χ2n) is 11.7. The van der Waals surface area contributed by atoms with Crippen LogP contribution in [0.15, 0.2) is 108 Å². The predicted molar refractivity (Wildman–Crippen MR) is 192 cm³/mol. The van der Waals surface area contributed by atoms with Crippen LogP contribution < -0.4 is 10.1 Å². The lowest BCUT2D eigenvalue weighted by molar-refractivity contribution is -0.162. The summed E-state index contributed by atoms with van der Waals surface area (Å²) in [5, 5.41) is 13.4. The minimum absolute atomic E-state index is 0.236. The molecule has 0 aliphatic carbocycles. The summed E-state index contributed by atoms with van der Waals surface area (Å²) < 4.78 is 10.6. The van der Waals surface area contributed by atoms with Crippen LogP contribution in [0.5, 0.6) is 5.75 Å². The Labute approximate surface area is 292 Å². The number of methoxy groups -OCH3 is 1. The minimum Gasteiger partial charge on any atom is -0.497 e. The number of aliphatic carboxylic acids is 1. The van der Waals surface area contributed by atoms with E-state index in [1.807, 2.05) is 18.2 Å². The fourth-order valence-electron chi connectivity index (χ4n) is 6.05. The number of hydrogen-bond donors (Lipinski definition) is 2. The van der Waals surface area contributed by atoms with E-state index >= 15 is 0 Å². The zero-order valence-corrected chi connectivity index (χ0v) is 28.8. The van der Waals surface area contributed by atoms with Gasteiger partial charge in [-0.15, -0.1) is 11.8 Å². The zero-order chi connectivity index (χ0) is 33.9. The minimum atomic E-state index is -1.41. The maximum Gasteiger partial charge on any atom is 0.346 e. The Hall–Kier alpha value is -4.02. The van der Waals surface area contributed by atoms with Gasteiger partial charge in [0.2, 0.25) is 6.10 Å². The van der Waals surface area contributed by atoms with Gasteiger partial charge in [0, 0.05) is 55.3 Å². The third-order valence-electron chi connectivity index (χ3n) is 8.42. The summed E-state index contributed by atoms with van der Waals surface area (Å²) in [6.45, 7) is 6.86. The molecule has 4 aromatic carbocycles. The highest BCUT2D eigenvalue weighted by Gasteiger charge is 2.34. The van der Waals surface area contributed by atoms with Gasteiger partial charge in [-0.25, -0.2) is 4.79 Å². The van der Waals surface area contributed by atoms with E-state index in [0.29, 0.717) is 16.3 Å². The van der Waals surface area contributed by atoms with Crippen LogP contribution in [0.1, 0.15) is 41.3 Å². The van der Waals surface area contributed by atoms with Crippen molar-refractivity contribution in [2.45, 2.75) is 35.6 Å². The van der Waals surface area contributed by atoms with Crippen LogP contribution in [-0.4, -0.2) is 79.3 Å². The van der Waals surface area contributed by atoms with Gasteiger partial charge in [-0.3, -0.25) is 9.69 Å². The highest BCUT2D eigenvalue weighted by Crippen LogP contribution is 2.43. The van der Waals surface area contributed by atoms with E-state index in [1.165, 1.54) is 29.8 Å². The molecule has 2 unspecified atom stereocenters. The molecule has 2 N–H and O–H groups in total. The molecule has 0 spiro atoms. The monoisotopic (exact) mass is 687 g/mol. The molecule has 4 aromatic rings. The molecule has 1 heterocycles. The van der Waals surface area contributed by atoms with Gasteiger partial charge in [0.05, 0.1) is 18.4 Å². The molecule has 1 fully saturated rings. The Morgan fingerprint density at radius 1 is 0.875 bits per heavy atom. The summed E-state index contributed by atoms with van der Waals surface area (Å²) in [5.74, 6) is -1.25. The molecule has 1 aliphatic heterocycles. The van der Waals surface area contributed by atoms with E-state index in [-0.39, 0.29) is 6.04 Å². The van der Waals surface area contributed by atoms with Gasteiger partial charge in [0.1, 0.15) is 5.75 Å². The highest BCUT2D eigenvalue weighted by atomic mass is 35.5. The van der Waals surface area contributed by atoms with E-state index in [1.54, 1.807) is 31.4 Å². The van der Waals surface area contributed by atoms with Crippen molar-refractivity contribution in [2.75, 3.05) is 51.7 Å².